The van der Waals surface area contributed by atoms with Gasteiger partial charge in [0.1, 0.15) is 0 Å². The van der Waals surface area contributed by atoms with Crippen molar-refractivity contribution in [3.63, 3.8) is 0 Å². The molecule has 15 heavy (non-hydrogen) atoms. The molecular weight excluding hydrogens is 202 g/mol. The van der Waals surface area contributed by atoms with Crippen molar-refractivity contribution in [2.45, 2.75) is 0 Å². The highest BCUT2D eigenvalue weighted by molar-refractivity contribution is 5.94. The molecule has 0 aromatic heterocycles. The maximum Gasteiger partial charge on any atom is 0.318 e. The van der Waals surface area contributed by atoms with E-state index in [1.165, 1.54) is 0 Å². The number of amides is 3. The lowest BCUT2D eigenvalue weighted by Crippen LogP contribution is -2.41. The zero-order valence-electron chi connectivity index (χ0n) is 8.75. The van der Waals surface area contributed by atoms with Gasteiger partial charge in [0, 0.05) is 13.7 Å². The standard InChI is InChI=1S/C8H17N3O4/c1-14-4-5-15-3-2-10-6-7(12)11-8(9)13/h10H,2-6H2,1H3,(H3,9,11,12,13). The van der Waals surface area contributed by atoms with E-state index in [2.05, 4.69) is 5.32 Å². The lowest BCUT2D eigenvalue weighted by molar-refractivity contribution is -0.119. The quantitative estimate of drug-likeness (QED) is 0.428. The van der Waals surface area contributed by atoms with Crippen LogP contribution in [0, 0.1) is 0 Å². The molecule has 4 N–H and O–H groups in total. The molecule has 0 bridgehead atoms. The SMILES string of the molecule is COCCOCCNCC(=O)NC(N)=O. The summed E-state index contributed by atoms with van der Waals surface area (Å²) in [6.07, 6.45) is 0. The van der Waals surface area contributed by atoms with Crippen LogP contribution in [0.25, 0.3) is 0 Å². The number of urea groups is 1. The Kier molecular flexibility index (Phi) is 8.64. The van der Waals surface area contributed by atoms with Crippen molar-refractivity contribution in [1.29, 1.82) is 0 Å². The first kappa shape index (κ1) is 13.8. The fraction of sp³-hybridized carbons (Fsp3) is 0.750. The van der Waals surface area contributed by atoms with E-state index in [1.807, 2.05) is 5.32 Å². The second kappa shape index (κ2) is 9.38. The van der Waals surface area contributed by atoms with E-state index in [-0.39, 0.29) is 6.54 Å². The minimum Gasteiger partial charge on any atom is -0.382 e. The van der Waals surface area contributed by atoms with Gasteiger partial charge in [-0.15, -0.1) is 0 Å². The number of nitrogens with one attached hydrogen (secondary N) is 2. The Labute approximate surface area is 88.3 Å². The van der Waals surface area contributed by atoms with Crippen LogP contribution in [0.5, 0.6) is 0 Å². The third-order valence-corrected chi connectivity index (χ3v) is 1.40. The van der Waals surface area contributed by atoms with Gasteiger partial charge in [0.2, 0.25) is 5.91 Å². The summed E-state index contributed by atoms with van der Waals surface area (Å²) < 4.78 is 9.90. The summed E-state index contributed by atoms with van der Waals surface area (Å²) in [4.78, 5) is 21.1. The molecule has 0 radical (unpaired) electrons. The van der Waals surface area contributed by atoms with Gasteiger partial charge >= 0.3 is 6.03 Å². The van der Waals surface area contributed by atoms with Crippen LogP contribution in [-0.4, -0.2) is 52.0 Å². The average molecular weight is 219 g/mol. The smallest absolute Gasteiger partial charge is 0.318 e. The number of rotatable bonds is 8. The van der Waals surface area contributed by atoms with Gasteiger partial charge in [0.25, 0.3) is 0 Å². The molecule has 0 saturated heterocycles. The van der Waals surface area contributed by atoms with Crippen molar-refractivity contribution in [2.24, 2.45) is 5.73 Å². The third-order valence-electron chi connectivity index (χ3n) is 1.40. The number of hydrogen-bond acceptors (Lipinski definition) is 5. The number of nitrogens with two attached hydrogens (primary N) is 1. The Bertz CT molecular complexity index is 198. The van der Waals surface area contributed by atoms with Gasteiger partial charge in [-0.3, -0.25) is 10.1 Å². The van der Waals surface area contributed by atoms with Crippen molar-refractivity contribution >= 4 is 11.9 Å². The summed E-state index contributed by atoms with van der Waals surface area (Å²) in [6, 6.07) is -0.849. The first-order chi connectivity index (χ1) is 7.16. The highest BCUT2D eigenvalue weighted by atomic mass is 16.5. The van der Waals surface area contributed by atoms with Gasteiger partial charge in [0.05, 0.1) is 26.4 Å². The van der Waals surface area contributed by atoms with Crippen LogP contribution in [0.4, 0.5) is 4.79 Å². The van der Waals surface area contributed by atoms with Crippen molar-refractivity contribution in [3.05, 3.63) is 0 Å². The van der Waals surface area contributed by atoms with E-state index in [4.69, 9.17) is 15.2 Å². The van der Waals surface area contributed by atoms with Crippen LogP contribution >= 0.6 is 0 Å². The van der Waals surface area contributed by atoms with Gasteiger partial charge in [-0.2, -0.15) is 0 Å². The topological polar surface area (TPSA) is 103 Å². The molecule has 0 fully saturated rings. The van der Waals surface area contributed by atoms with Crippen LogP contribution in [-0.2, 0) is 14.3 Å². The molecule has 0 aromatic carbocycles. The monoisotopic (exact) mass is 219 g/mol. The number of hydrogen-bond donors (Lipinski definition) is 3. The molecule has 0 aliphatic rings. The fourth-order valence-corrected chi connectivity index (χ4v) is 0.772. The zero-order valence-corrected chi connectivity index (χ0v) is 8.75. The molecule has 0 aromatic rings. The molecule has 0 spiro atoms. The highest BCUT2D eigenvalue weighted by Crippen LogP contribution is 1.74. The van der Waals surface area contributed by atoms with E-state index >= 15 is 0 Å². The highest BCUT2D eigenvalue weighted by Gasteiger charge is 2.01. The Morgan fingerprint density at radius 3 is 2.60 bits per heavy atom. The van der Waals surface area contributed by atoms with Crippen molar-refractivity contribution < 1.29 is 19.1 Å². The number of methoxy groups -OCH3 is 1. The Morgan fingerprint density at radius 2 is 2.00 bits per heavy atom. The second-order valence-corrected chi connectivity index (χ2v) is 2.69. The predicted octanol–water partition coefficient (Wildman–Crippen LogP) is -1.57. The fourth-order valence-electron chi connectivity index (χ4n) is 0.772. The number of carbonyl (C=O) groups is 2. The molecule has 0 unspecified atom stereocenters. The van der Waals surface area contributed by atoms with Gasteiger partial charge < -0.3 is 20.5 Å². The summed E-state index contributed by atoms with van der Waals surface area (Å²) in [7, 11) is 1.59. The molecule has 0 atom stereocenters. The maximum absolute atomic E-state index is 10.9. The van der Waals surface area contributed by atoms with Gasteiger partial charge in [0.15, 0.2) is 0 Å². The van der Waals surface area contributed by atoms with Crippen LogP contribution in [0.1, 0.15) is 0 Å². The van der Waals surface area contributed by atoms with Gasteiger partial charge in [-0.25, -0.2) is 4.79 Å². The molecule has 0 rings (SSSR count). The normalized spacial score (nSPS) is 9.93. The molecule has 7 nitrogen and oxygen atoms in total. The average Bonchev–Trinajstić information content (AvgIpc) is 2.15. The van der Waals surface area contributed by atoms with Crippen LogP contribution in [0.2, 0.25) is 0 Å². The minimum absolute atomic E-state index is 0.0383. The zero-order chi connectivity index (χ0) is 11.5. The molecule has 0 aliphatic heterocycles. The summed E-state index contributed by atoms with van der Waals surface area (Å²) in [5, 5.41) is 4.71. The van der Waals surface area contributed by atoms with Crippen LogP contribution in [0.3, 0.4) is 0 Å². The van der Waals surface area contributed by atoms with Crippen molar-refractivity contribution in [1.82, 2.24) is 10.6 Å². The number of carbonyl (C=O) groups excluding carboxylic acids is 2. The number of primary amides is 1. The Balaban J connectivity index is 3.16. The van der Waals surface area contributed by atoms with E-state index in [0.717, 1.165) is 0 Å². The van der Waals surface area contributed by atoms with E-state index < -0.39 is 11.9 Å². The molecule has 3 amide bonds. The minimum atomic E-state index is -0.849. The lowest BCUT2D eigenvalue weighted by atomic mass is 10.5. The van der Waals surface area contributed by atoms with Crippen LogP contribution in [0.15, 0.2) is 0 Å². The molecule has 88 valence electrons. The molecular formula is C8H17N3O4. The van der Waals surface area contributed by atoms with Crippen molar-refractivity contribution in [2.75, 3.05) is 40.0 Å². The maximum atomic E-state index is 10.9. The Morgan fingerprint density at radius 1 is 1.27 bits per heavy atom. The third kappa shape index (κ3) is 10.7. The van der Waals surface area contributed by atoms with E-state index in [1.54, 1.807) is 7.11 Å². The van der Waals surface area contributed by atoms with Gasteiger partial charge in [-0.05, 0) is 0 Å². The number of imide groups is 1. The lowest BCUT2D eigenvalue weighted by Gasteiger charge is -2.05. The summed E-state index contributed by atoms with van der Waals surface area (Å²) in [6.45, 7) is 2.10. The van der Waals surface area contributed by atoms with E-state index in [9.17, 15) is 9.59 Å². The molecule has 0 heterocycles. The number of ether oxygens (including phenoxy) is 2. The van der Waals surface area contributed by atoms with Crippen molar-refractivity contribution in [3.8, 4) is 0 Å². The molecule has 7 heteroatoms. The Hall–Kier alpha value is -1.18. The van der Waals surface area contributed by atoms with Crippen LogP contribution < -0.4 is 16.4 Å². The summed E-state index contributed by atoms with van der Waals surface area (Å²) in [5.41, 5.74) is 4.74. The summed E-state index contributed by atoms with van der Waals surface area (Å²) >= 11 is 0. The largest absolute Gasteiger partial charge is 0.382 e. The summed E-state index contributed by atoms with van der Waals surface area (Å²) in [5.74, 6) is -0.459. The van der Waals surface area contributed by atoms with Gasteiger partial charge in [-0.1, -0.05) is 0 Å². The molecule has 0 aliphatic carbocycles. The second-order valence-electron chi connectivity index (χ2n) is 2.69. The van der Waals surface area contributed by atoms with E-state index in [0.29, 0.717) is 26.4 Å². The first-order valence-corrected chi connectivity index (χ1v) is 4.53. The predicted molar refractivity (Wildman–Crippen MR) is 53.3 cm³/mol. The molecule has 0 saturated carbocycles. The first-order valence-electron chi connectivity index (χ1n) is 4.53.